The molecule has 2 nitrogen and oxygen atoms in total. The Hall–Kier alpha value is -0.370. The van der Waals surface area contributed by atoms with E-state index >= 15 is 0 Å². The Balaban J connectivity index is 1.88. The van der Waals surface area contributed by atoms with Crippen LogP contribution in [0.5, 0.6) is 0 Å². The van der Waals surface area contributed by atoms with Crippen molar-refractivity contribution < 1.29 is 4.48 Å². The van der Waals surface area contributed by atoms with E-state index in [0.717, 1.165) is 6.54 Å². The summed E-state index contributed by atoms with van der Waals surface area (Å²) in [7, 11) is 0. The number of nitrogens with zero attached hydrogens (tertiary/aromatic N) is 2. The fourth-order valence-electron chi connectivity index (χ4n) is 4.79. The molecule has 1 atom stereocenters. The minimum absolute atomic E-state index is 1.07. The SMILES string of the molecule is CCCCCCCCCCCCCCCCCC1=NCC[N+]1(CC)CCC. The molecule has 0 bridgehead atoms. The van der Waals surface area contributed by atoms with Crippen LogP contribution in [0.3, 0.4) is 0 Å². The largest absolute Gasteiger partial charge is 0.277 e. The molecule has 1 unspecified atom stereocenters. The standard InChI is InChI=1S/C25H51N2/c1-4-7-8-9-10-11-12-13-14-15-16-17-18-19-20-21-25-26-22-24-27(25,6-3)23-5-2/h4-24H2,1-3H3/q+1. The molecule has 0 radical (unpaired) electrons. The third-order valence-electron chi connectivity index (χ3n) is 6.63. The number of aliphatic imine (C=N–C) groups is 1. The first-order valence-corrected chi connectivity index (χ1v) is 12.7. The van der Waals surface area contributed by atoms with Crippen LogP contribution in [-0.2, 0) is 0 Å². The number of amidine groups is 1. The van der Waals surface area contributed by atoms with Crippen LogP contribution in [0, 0.1) is 0 Å². The number of likely N-dealkylation sites (N-methyl/N-ethyl adjacent to an activating group) is 1. The molecule has 0 N–H and O–H groups in total. The zero-order chi connectivity index (χ0) is 19.6. The Labute approximate surface area is 171 Å². The Morgan fingerprint density at radius 1 is 0.630 bits per heavy atom. The van der Waals surface area contributed by atoms with Crippen LogP contribution >= 0.6 is 0 Å². The van der Waals surface area contributed by atoms with Gasteiger partial charge in [-0.15, -0.1) is 0 Å². The fraction of sp³-hybridized carbons (Fsp3) is 0.960. The van der Waals surface area contributed by atoms with E-state index < -0.39 is 0 Å². The second kappa shape index (κ2) is 16.6. The molecule has 1 aliphatic rings. The Morgan fingerprint density at radius 2 is 1.11 bits per heavy atom. The third kappa shape index (κ3) is 10.7. The van der Waals surface area contributed by atoms with E-state index in [1.807, 2.05) is 0 Å². The first-order valence-electron chi connectivity index (χ1n) is 12.7. The number of quaternary nitrogens is 1. The van der Waals surface area contributed by atoms with Gasteiger partial charge in [0.1, 0.15) is 6.54 Å². The summed E-state index contributed by atoms with van der Waals surface area (Å²) in [5, 5.41) is 0. The average Bonchev–Trinajstić information content (AvgIpc) is 3.08. The molecule has 27 heavy (non-hydrogen) atoms. The van der Waals surface area contributed by atoms with E-state index in [1.54, 1.807) is 0 Å². The molecule has 0 aromatic carbocycles. The summed E-state index contributed by atoms with van der Waals surface area (Å²) >= 11 is 0. The van der Waals surface area contributed by atoms with Gasteiger partial charge in [-0.1, -0.05) is 104 Å². The lowest BCUT2D eigenvalue weighted by molar-refractivity contribution is -0.834. The van der Waals surface area contributed by atoms with Crippen LogP contribution in [0.2, 0.25) is 0 Å². The van der Waals surface area contributed by atoms with Crippen molar-refractivity contribution in [1.82, 2.24) is 0 Å². The molecule has 0 amide bonds. The minimum Gasteiger partial charge on any atom is -0.277 e. The number of hydrogen-bond donors (Lipinski definition) is 0. The molecule has 0 aliphatic carbocycles. The van der Waals surface area contributed by atoms with E-state index in [4.69, 9.17) is 4.99 Å². The van der Waals surface area contributed by atoms with Crippen molar-refractivity contribution in [2.45, 2.75) is 130 Å². The predicted molar refractivity (Wildman–Crippen MR) is 123 cm³/mol. The van der Waals surface area contributed by atoms with E-state index in [1.165, 1.54) is 139 Å². The van der Waals surface area contributed by atoms with Gasteiger partial charge in [-0.2, -0.15) is 0 Å². The van der Waals surface area contributed by atoms with Gasteiger partial charge < -0.3 is 0 Å². The van der Waals surface area contributed by atoms with Crippen LogP contribution in [0.4, 0.5) is 0 Å². The Morgan fingerprint density at radius 3 is 1.56 bits per heavy atom. The third-order valence-corrected chi connectivity index (χ3v) is 6.63. The summed E-state index contributed by atoms with van der Waals surface area (Å²) in [6.07, 6.45) is 24.2. The number of hydrogen-bond acceptors (Lipinski definition) is 1. The molecule has 2 heteroatoms. The van der Waals surface area contributed by atoms with Gasteiger partial charge in [-0.3, -0.25) is 4.48 Å². The van der Waals surface area contributed by atoms with E-state index in [-0.39, 0.29) is 0 Å². The summed E-state index contributed by atoms with van der Waals surface area (Å²) in [6, 6.07) is 0. The molecule has 0 saturated carbocycles. The first kappa shape index (κ1) is 24.7. The highest BCUT2D eigenvalue weighted by Crippen LogP contribution is 2.21. The molecule has 0 fully saturated rings. The number of unbranched alkanes of at least 4 members (excludes halogenated alkanes) is 14. The molecule has 0 aromatic rings. The summed E-state index contributed by atoms with van der Waals surface area (Å²) in [6.45, 7) is 11.8. The predicted octanol–water partition coefficient (Wildman–Crippen LogP) is 7.91. The summed E-state index contributed by atoms with van der Waals surface area (Å²) in [5.41, 5.74) is 0. The molecule has 1 rings (SSSR count). The maximum Gasteiger partial charge on any atom is 0.198 e. The zero-order valence-corrected chi connectivity index (χ0v) is 19.2. The van der Waals surface area contributed by atoms with Crippen LogP contribution in [0.25, 0.3) is 0 Å². The first-order chi connectivity index (χ1) is 13.3. The smallest absolute Gasteiger partial charge is 0.198 e. The van der Waals surface area contributed by atoms with Crippen molar-refractivity contribution in [3.05, 3.63) is 0 Å². The van der Waals surface area contributed by atoms with Gasteiger partial charge in [-0.25, -0.2) is 4.99 Å². The molecular formula is C25H51N2+. The molecule has 0 spiro atoms. The van der Waals surface area contributed by atoms with Gasteiger partial charge in [-0.05, 0) is 19.8 Å². The van der Waals surface area contributed by atoms with Gasteiger partial charge in [0.05, 0.1) is 19.6 Å². The molecule has 1 aliphatic heterocycles. The van der Waals surface area contributed by atoms with E-state index in [9.17, 15) is 0 Å². The van der Waals surface area contributed by atoms with Crippen LogP contribution in [0.15, 0.2) is 4.99 Å². The summed E-state index contributed by atoms with van der Waals surface area (Å²) in [4.78, 5) is 4.87. The monoisotopic (exact) mass is 379 g/mol. The Bertz CT molecular complexity index is 363. The molecule has 0 saturated heterocycles. The van der Waals surface area contributed by atoms with E-state index in [0.29, 0.717) is 0 Å². The highest BCUT2D eigenvalue weighted by Gasteiger charge is 2.34. The highest BCUT2D eigenvalue weighted by atomic mass is 15.4. The van der Waals surface area contributed by atoms with E-state index in [2.05, 4.69) is 20.8 Å². The van der Waals surface area contributed by atoms with Gasteiger partial charge >= 0.3 is 0 Å². The highest BCUT2D eigenvalue weighted by molar-refractivity contribution is 5.76. The van der Waals surface area contributed by atoms with Crippen LogP contribution in [0.1, 0.15) is 130 Å². The van der Waals surface area contributed by atoms with Crippen molar-refractivity contribution in [3.63, 3.8) is 0 Å². The zero-order valence-electron chi connectivity index (χ0n) is 19.2. The molecule has 1 heterocycles. The minimum atomic E-state index is 1.07. The van der Waals surface area contributed by atoms with Crippen molar-refractivity contribution in [2.75, 3.05) is 26.2 Å². The Kier molecular flexibility index (Phi) is 15.1. The van der Waals surface area contributed by atoms with Crippen molar-refractivity contribution in [2.24, 2.45) is 4.99 Å². The van der Waals surface area contributed by atoms with Crippen molar-refractivity contribution >= 4 is 5.84 Å². The lowest BCUT2D eigenvalue weighted by Crippen LogP contribution is -2.51. The van der Waals surface area contributed by atoms with Crippen LogP contribution in [-0.4, -0.2) is 36.5 Å². The quantitative estimate of drug-likeness (QED) is 0.160. The lowest BCUT2D eigenvalue weighted by atomic mass is 10.0. The fourth-order valence-corrected chi connectivity index (χ4v) is 4.79. The second-order valence-electron chi connectivity index (χ2n) is 8.91. The van der Waals surface area contributed by atoms with Gasteiger partial charge in [0.25, 0.3) is 0 Å². The molecule has 160 valence electrons. The van der Waals surface area contributed by atoms with Crippen molar-refractivity contribution in [1.29, 1.82) is 0 Å². The maximum absolute atomic E-state index is 4.87. The normalized spacial score (nSPS) is 19.6. The lowest BCUT2D eigenvalue weighted by Gasteiger charge is -2.33. The average molecular weight is 380 g/mol. The topological polar surface area (TPSA) is 12.4 Å². The van der Waals surface area contributed by atoms with Gasteiger partial charge in [0, 0.05) is 6.42 Å². The van der Waals surface area contributed by atoms with Gasteiger partial charge in [0.2, 0.25) is 0 Å². The summed E-state index contributed by atoms with van der Waals surface area (Å²) in [5.74, 6) is 1.52. The van der Waals surface area contributed by atoms with Crippen molar-refractivity contribution in [3.8, 4) is 0 Å². The molecular weight excluding hydrogens is 328 g/mol. The summed E-state index contributed by atoms with van der Waals surface area (Å²) < 4.78 is 1.20. The maximum atomic E-state index is 4.87. The van der Waals surface area contributed by atoms with Gasteiger partial charge in [0.15, 0.2) is 5.84 Å². The second-order valence-corrected chi connectivity index (χ2v) is 8.91. The number of rotatable bonds is 19. The van der Waals surface area contributed by atoms with Crippen LogP contribution < -0.4 is 0 Å². The molecule has 0 aromatic heterocycles.